The minimum Gasteiger partial charge on any atom is -1.00 e. The van der Waals surface area contributed by atoms with Gasteiger partial charge < -0.3 is 12.1 Å². The first kappa shape index (κ1) is 17.6. The fraction of sp³-hybridized carbons (Fsp3) is 0.538. The van der Waals surface area contributed by atoms with Gasteiger partial charge in [0.25, 0.3) is 0 Å². The number of nitrogens with zero attached hydrogens (tertiary/aromatic N) is 1. The summed E-state index contributed by atoms with van der Waals surface area (Å²) in [5, 5.41) is 0. The summed E-state index contributed by atoms with van der Waals surface area (Å²) in [6, 6.07) is 10.8. The minimum atomic E-state index is 0. The van der Waals surface area contributed by atoms with Gasteiger partial charge in [0, 0.05) is 14.0 Å². The van der Waals surface area contributed by atoms with Gasteiger partial charge in [-0.15, -0.1) is 0 Å². The van der Waals surface area contributed by atoms with Gasteiger partial charge in [-0.2, -0.15) is 0 Å². The number of hydrogen-bond acceptors (Lipinski definition) is 1. The largest absolute Gasteiger partial charge is 1.00 e. The van der Waals surface area contributed by atoms with Crippen molar-refractivity contribution in [3.8, 4) is 0 Å². The summed E-state index contributed by atoms with van der Waals surface area (Å²) in [4.78, 5) is 0. The highest BCUT2D eigenvalue weighted by atomic mass is 15.3. The molecule has 0 aliphatic heterocycles. The van der Waals surface area contributed by atoms with E-state index in [1.807, 2.05) is 0 Å². The monoisotopic (exact) mass is 221 g/mol. The summed E-state index contributed by atoms with van der Waals surface area (Å²) in [6.07, 6.45) is 0. The lowest BCUT2D eigenvalue weighted by atomic mass is 10.2. The fourth-order valence-electron chi connectivity index (χ4n) is 1.98. The molecule has 0 saturated heterocycles. The molecule has 91 valence electrons. The van der Waals surface area contributed by atoms with Crippen LogP contribution in [0.4, 0.5) is 0 Å². The third-order valence-corrected chi connectivity index (χ3v) is 3.37. The second-order valence-electron chi connectivity index (χ2n) is 3.93. The summed E-state index contributed by atoms with van der Waals surface area (Å²) in [7, 11) is 0. The molecule has 0 atom stereocenters. The van der Waals surface area contributed by atoms with Gasteiger partial charge in [-0.05, 0) is 20.8 Å². The smallest absolute Gasteiger partial charge is 0.104 e. The molecule has 0 aliphatic carbocycles. The van der Waals surface area contributed by atoms with Gasteiger partial charge in [0.1, 0.15) is 6.54 Å². The molecule has 16 heavy (non-hydrogen) atoms. The van der Waals surface area contributed by atoms with E-state index in [4.69, 9.17) is 0 Å². The lowest BCUT2D eigenvalue weighted by Crippen LogP contribution is -2.46. The highest BCUT2D eigenvalue weighted by Gasteiger charge is 2.20. The van der Waals surface area contributed by atoms with Gasteiger partial charge in [-0.1, -0.05) is 30.3 Å². The first-order chi connectivity index (χ1) is 6.76. The zero-order valence-electron chi connectivity index (χ0n) is 11.9. The molecule has 3 radical (unpaired) electrons. The fourth-order valence-corrected chi connectivity index (χ4v) is 1.98. The van der Waals surface area contributed by atoms with Crippen molar-refractivity contribution in [2.45, 2.75) is 27.3 Å². The van der Waals surface area contributed by atoms with Crippen molar-refractivity contribution in [1.29, 1.82) is 0 Å². The summed E-state index contributed by atoms with van der Waals surface area (Å²) in [5.74, 6) is 0. The second kappa shape index (κ2) is 8.37. The molecule has 0 unspecified atom stereocenters. The van der Waals surface area contributed by atoms with Crippen LogP contribution in [0, 0.1) is 0 Å². The van der Waals surface area contributed by atoms with E-state index in [9.17, 15) is 0 Å². The van der Waals surface area contributed by atoms with E-state index in [1.54, 1.807) is 0 Å². The molecule has 1 rings (SSSR count). The van der Waals surface area contributed by atoms with Gasteiger partial charge in [-0.3, -0.25) is 0 Å². The average Bonchev–Trinajstić information content (AvgIpc) is 2.28. The van der Waals surface area contributed by atoms with Crippen molar-refractivity contribution in [2.75, 3.05) is 19.6 Å². The molecule has 0 aromatic heterocycles. The quantitative estimate of drug-likeness (QED) is 0.602. The molecule has 0 amide bonds. The molecular weight excluding hydrogens is 195 g/mol. The van der Waals surface area contributed by atoms with Gasteiger partial charge in [0.15, 0.2) is 0 Å². The van der Waals surface area contributed by atoms with E-state index in [-0.39, 0.29) is 16.0 Å². The van der Waals surface area contributed by atoms with E-state index in [0.717, 1.165) is 0 Å². The van der Waals surface area contributed by atoms with Crippen molar-refractivity contribution in [3.63, 3.8) is 0 Å². The first-order valence-electron chi connectivity index (χ1n) is 5.65. The molecule has 0 heterocycles. The summed E-state index contributed by atoms with van der Waals surface area (Å²) < 4.78 is 1.20. The zero-order chi connectivity index (χ0) is 10.4. The number of benzene rings is 1. The minimum absolute atomic E-state index is 0. The Balaban J connectivity index is -0.000000653. The van der Waals surface area contributed by atoms with Crippen molar-refractivity contribution in [3.05, 3.63) is 35.9 Å². The Morgan fingerprint density at radius 2 is 1.38 bits per heavy atom. The van der Waals surface area contributed by atoms with Crippen LogP contribution in [0.5, 0.6) is 0 Å². The molecule has 0 aliphatic rings. The molecule has 2 nitrogen and oxygen atoms in total. The Morgan fingerprint density at radius 3 is 1.75 bits per heavy atom. The predicted octanol–water partition coefficient (Wildman–Crippen LogP) is 2.96. The molecule has 1 aromatic carbocycles. The molecule has 0 saturated carbocycles. The van der Waals surface area contributed by atoms with Gasteiger partial charge in [0.2, 0.25) is 0 Å². The zero-order valence-corrected chi connectivity index (χ0v) is 10.9. The van der Waals surface area contributed by atoms with Crippen molar-refractivity contribution >= 4 is 8.41 Å². The predicted molar refractivity (Wildman–Crippen MR) is 73.9 cm³/mol. The Kier molecular flexibility index (Phi) is 9.20. The van der Waals surface area contributed by atoms with Crippen molar-refractivity contribution < 1.29 is 5.91 Å². The number of quaternary nitrogens is 1. The highest BCUT2D eigenvalue weighted by Crippen LogP contribution is 2.13. The van der Waals surface area contributed by atoms with Crippen LogP contribution in [0.3, 0.4) is 0 Å². The SMILES string of the molecule is CC[N+](CC)(CC)Cc1ccccc1.N.[B].[H-]. The molecule has 3 N–H and O–H groups in total. The van der Waals surface area contributed by atoms with Crippen molar-refractivity contribution in [1.82, 2.24) is 6.15 Å². The highest BCUT2D eigenvalue weighted by molar-refractivity contribution is 5.75. The Bertz CT molecular complexity index is 255. The van der Waals surface area contributed by atoms with Crippen LogP contribution < -0.4 is 6.15 Å². The molecule has 3 heteroatoms. The van der Waals surface area contributed by atoms with E-state index in [2.05, 4.69) is 51.1 Å². The molecule has 0 fully saturated rings. The molecule has 0 bridgehead atoms. The Morgan fingerprint density at radius 1 is 0.938 bits per heavy atom. The molecule has 1 aromatic rings. The third-order valence-electron chi connectivity index (χ3n) is 3.37. The molecule has 0 spiro atoms. The third kappa shape index (κ3) is 4.37. The van der Waals surface area contributed by atoms with Crippen LogP contribution in [0.25, 0.3) is 0 Å². The van der Waals surface area contributed by atoms with E-state index in [0.29, 0.717) is 0 Å². The van der Waals surface area contributed by atoms with Gasteiger partial charge >= 0.3 is 0 Å². The number of rotatable bonds is 5. The van der Waals surface area contributed by atoms with Crippen LogP contribution in [0.15, 0.2) is 30.3 Å². The number of hydrogen-bond donors (Lipinski definition) is 1. The average molecular weight is 221 g/mol. The maximum absolute atomic E-state index is 2.29. The van der Waals surface area contributed by atoms with E-state index in [1.165, 1.54) is 36.2 Å². The summed E-state index contributed by atoms with van der Waals surface area (Å²) in [5.41, 5.74) is 1.46. The van der Waals surface area contributed by atoms with Crippen LogP contribution in [0.1, 0.15) is 27.8 Å². The van der Waals surface area contributed by atoms with Gasteiger partial charge in [-0.25, -0.2) is 0 Å². The summed E-state index contributed by atoms with van der Waals surface area (Å²) in [6.45, 7) is 11.7. The normalized spacial score (nSPS) is 10.2. The van der Waals surface area contributed by atoms with E-state index < -0.39 is 0 Å². The van der Waals surface area contributed by atoms with E-state index >= 15 is 0 Å². The lowest BCUT2D eigenvalue weighted by molar-refractivity contribution is -0.936. The molecular formula is C13H26BN2. The van der Waals surface area contributed by atoms with Crippen LogP contribution in [-0.4, -0.2) is 32.5 Å². The lowest BCUT2D eigenvalue weighted by Gasteiger charge is -2.35. The Hall–Kier alpha value is -0.795. The maximum atomic E-state index is 2.29. The summed E-state index contributed by atoms with van der Waals surface area (Å²) >= 11 is 0. The second-order valence-corrected chi connectivity index (χ2v) is 3.93. The van der Waals surface area contributed by atoms with Crippen LogP contribution in [0.2, 0.25) is 0 Å². The Labute approximate surface area is 104 Å². The van der Waals surface area contributed by atoms with Gasteiger partial charge in [0.05, 0.1) is 19.6 Å². The van der Waals surface area contributed by atoms with Crippen LogP contribution >= 0.6 is 0 Å². The van der Waals surface area contributed by atoms with Crippen molar-refractivity contribution in [2.24, 2.45) is 0 Å². The topological polar surface area (TPSA) is 35.0 Å². The standard InChI is InChI=1S/C13H22N.B.H3N.H/c1-4-14(5-2,6-3)12-13-10-8-7-9-11-13;;;/h7-11H,4-6,12H2,1-3H3;;1H3;/q+1;;;-1. The first-order valence-corrected chi connectivity index (χ1v) is 5.65. The van der Waals surface area contributed by atoms with Crippen LogP contribution in [-0.2, 0) is 6.54 Å². The maximum Gasteiger partial charge on any atom is 0.104 e.